The topological polar surface area (TPSA) is 96.9 Å². The highest BCUT2D eigenvalue weighted by atomic mass is 79.9. The van der Waals surface area contributed by atoms with Crippen LogP contribution in [0.5, 0.6) is 5.75 Å². The van der Waals surface area contributed by atoms with Crippen LogP contribution in [-0.2, 0) is 16.6 Å². The maximum atomic E-state index is 12.5. The number of hydrogen-bond acceptors (Lipinski definition) is 5. The van der Waals surface area contributed by atoms with E-state index in [9.17, 15) is 13.2 Å². The molecular weight excluding hydrogens is 542 g/mol. The molecule has 0 unspecified atom stereocenters. The summed E-state index contributed by atoms with van der Waals surface area (Å²) in [4.78, 5) is 12.6. The van der Waals surface area contributed by atoms with Crippen LogP contribution in [0, 0.1) is 0 Å². The summed E-state index contributed by atoms with van der Waals surface area (Å²) in [5, 5.41) is 4.04. The first-order valence-corrected chi connectivity index (χ1v) is 13.2. The molecule has 0 heterocycles. The summed E-state index contributed by atoms with van der Waals surface area (Å²) in [6.07, 6.45) is 1.51. The average Bonchev–Trinajstić information content (AvgIpc) is 2.90. The molecule has 0 saturated carbocycles. The Kier molecular flexibility index (Phi) is 8.14. The number of anilines is 1. The zero-order valence-corrected chi connectivity index (χ0v) is 21.4. The Morgan fingerprint density at radius 1 is 0.861 bits per heavy atom. The number of sulfonamides is 1. The molecule has 0 aliphatic carbocycles. The number of hydrazone groups is 1. The van der Waals surface area contributed by atoms with Gasteiger partial charge in [-0.05, 0) is 66.2 Å². The van der Waals surface area contributed by atoms with Crippen LogP contribution in [0.2, 0.25) is 0 Å². The molecule has 0 bridgehead atoms. The number of nitrogens with zero attached hydrogens (tertiary/aromatic N) is 1. The third-order valence-electron chi connectivity index (χ3n) is 5.05. The van der Waals surface area contributed by atoms with Crippen LogP contribution in [0.3, 0.4) is 0 Å². The van der Waals surface area contributed by atoms with Crippen LogP contribution in [0.15, 0.2) is 118 Å². The van der Waals surface area contributed by atoms with E-state index in [0.717, 1.165) is 10.0 Å². The van der Waals surface area contributed by atoms with Gasteiger partial charge in [0.15, 0.2) is 0 Å². The van der Waals surface area contributed by atoms with E-state index in [-0.39, 0.29) is 4.90 Å². The zero-order chi connectivity index (χ0) is 25.4. The lowest BCUT2D eigenvalue weighted by Crippen LogP contribution is -2.18. The van der Waals surface area contributed by atoms with Gasteiger partial charge in [0.2, 0.25) is 0 Å². The van der Waals surface area contributed by atoms with Gasteiger partial charge >= 0.3 is 0 Å². The number of para-hydroxylation sites is 1. The third kappa shape index (κ3) is 6.80. The number of hydrogen-bond donors (Lipinski definition) is 2. The summed E-state index contributed by atoms with van der Waals surface area (Å²) in [7, 11) is -3.71. The predicted molar refractivity (Wildman–Crippen MR) is 144 cm³/mol. The van der Waals surface area contributed by atoms with E-state index in [0.29, 0.717) is 29.2 Å². The molecule has 0 fully saturated rings. The summed E-state index contributed by atoms with van der Waals surface area (Å²) >= 11 is 3.41. The Hall–Kier alpha value is -3.95. The van der Waals surface area contributed by atoms with Crippen molar-refractivity contribution in [3.8, 4) is 5.75 Å². The highest BCUT2D eigenvalue weighted by Crippen LogP contribution is 2.19. The van der Waals surface area contributed by atoms with E-state index < -0.39 is 15.9 Å². The number of halogens is 1. The van der Waals surface area contributed by atoms with Crippen molar-refractivity contribution >= 4 is 43.8 Å². The molecule has 0 spiro atoms. The number of benzene rings is 4. The number of ether oxygens (including phenoxy) is 1. The molecule has 36 heavy (non-hydrogen) atoms. The SMILES string of the molecule is O=C(N/N=C\c1ccccc1OCc1ccc(Br)cc1)c1ccc(NS(=O)(=O)c2ccccc2)cc1. The second-order valence-corrected chi connectivity index (χ2v) is 10.2. The minimum atomic E-state index is -3.71. The molecule has 0 radical (unpaired) electrons. The van der Waals surface area contributed by atoms with Crippen molar-refractivity contribution in [3.05, 3.63) is 124 Å². The Labute approximate surface area is 218 Å². The number of rotatable bonds is 9. The molecule has 4 aromatic rings. The maximum Gasteiger partial charge on any atom is 0.271 e. The standard InChI is InChI=1S/C27H22BrN3O4S/c28-23-14-10-20(11-15-23)19-35-26-9-5-4-6-22(26)18-29-30-27(32)21-12-16-24(17-13-21)31-36(33,34)25-7-2-1-3-8-25/h1-18,31H,19H2,(H,30,32)/b29-18-. The highest BCUT2D eigenvalue weighted by molar-refractivity contribution is 9.10. The van der Waals surface area contributed by atoms with Crippen molar-refractivity contribution in [2.24, 2.45) is 5.10 Å². The van der Waals surface area contributed by atoms with Crippen molar-refractivity contribution in [2.45, 2.75) is 11.5 Å². The fourth-order valence-electron chi connectivity index (χ4n) is 3.19. The van der Waals surface area contributed by atoms with Crippen molar-refractivity contribution in [2.75, 3.05) is 4.72 Å². The van der Waals surface area contributed by atoms with Crippen LogP contribution in [0.1, 0.15) is 21.5 Å². The monoisotopic (exact) mass is 563 g/mol. The van der Waals surface area contributed by atoms with E-state index in [1.54, 1.807) is 18.2 Å². The predicted octanol–water partition coefficient (Wildman–Crippen LogP) is 5.59. The van der Waals surface area contributed by atoms with Crippen LogP contribution < -0.4 is 14.9 Å². The number of amides is 1. The minimum absolute atomic E-state index is 0.155. The zero-order valence-electron chi connectivity index (χ0n) is 19.0. The van der Waals surface area contributed by atoms with E-state index >= 15 is 0 Å². The molecule has 0 aliphatic rings. The summed E-state index contributed by atoms with van der Waals surface area (Å²) in [6, 6.07) is 29.3. The quantitative estimate of drug-likeness (QED) is 0.205. The molecule has 4 rings (SSSR count). The number of nitrogens with one attached hydrogen (secondary N) is 2. The first-order valence-electron chi connectivity index (χ1n) is 10.9. The summed E-state index contributed by atoms with van der Waals surface area (Å²) < 4.78 is 34.3. The Bertz CT molecular complexity index is 1460. The van der Waals surface area contributed by atoms with Crippen LogP contribution in [0.4, 0.5) is 5.69 Å². The molecule has 4 aromatic carbocycles. The van der Waals surface area contributed by atoms with E-state index in [1.807, 2.05) is 48.5 Å². The van der Waals surface area contributed by atoms with Crippen molar-refractivity contribution in [3.63, 3.8) is 0 Å². The van der Waals surface area contributed by atoms with Crippen LogP contribution >= 0.6 is 15.9 Å². The van der Waals surface area contributed by atoms with Gasteiger partial charge < -0.3 is 4.74 Å². The molecule has 0 aromatic heterocycles. The molecule has 2 N–H and O–H groups in total. The number of carbonyl (C=O) groups excluding carboxylic acids is 1. The minimum Gasteiger partial charge on any atom is -0.488 e. The normalized spacial score (nSPS) is 11.2. The van der Waals surface area contributed by atoms with Gasteiger partial charge in [-0.3, -0.25) is 9.52 Å². The number of carbonyl (C=O) groups is 1. The lowest BCUT2D eigenvalue weighted by atomic mass is 10.2. The van der Waals surface area contributed by atoms with Crippen molar-refractivity contribution in [1.82, 2.24) is 5.43 Å². The summed E-state index contributed by atoms with van der Waals surface area (Å²) in [5.41, 5.74) is 4.88. The molecule has 9 heteroatoms. The van der Waals surface area contributed by atoms with E-state index in [4.69, 9.17) is 4.74 Å². The summed E-state index contributed by atoms with van der Waals surface area (Å²) in [5.74, 6) is 0.199. The fourth-order valence-corrected chi connectivity index (χ4v) is 4.53. The largest absolute Gasteiger partial charge is 0.488 e. The first-order chi connectivity index (χ1) is 17.4. The van der Waals surface area contributed by atoms with Gasteiger partial charge in [0.25, 0.3) is 15.9 Å². The average molecular weight is 564 g/mol. The van der Waals surface area contributed by atoms with Gasteiger partial charge in [-0.1, -0.05) is 58.4 Å². The second-order valence-electron chi connectivity index (χ2n) is 7.65. The molecule has 7 nitrogen and oxygen atoms in total. The molecule has 0 atom stereocenters. The van der Waals surface area contributed by atoms with Crippen molar-refractivity contribution in [1.29, 1.82) is 0 Å². The fraction of sp³-hybridized carbons (Fsp3) is 0.0370. The third-order valence-corrected chi connectivity index (χ3v) is 6.98. The van der Waals surface area contributed by atoms with Crippen LogP contribution in [-0.4, -0.2) is 20.5 Å². The van der Waals surface area contributed by atoms with Gasteiger partial charge in [-0.15, -0.1) is 0 Å². The van der Waals surface area contributed by atoms with E-state index in [1.165, 1.54) is 42.6 Å². The van der Waals surface area contributed by atoms with Gasteiger partial charge in [0.05, 0.1) is 11.1 Å². The van der Waals surface area contributed by atoms with Gasteiger partial charge in [-0.2, -0.15) is 5.10 Å². The molecular formula is C27H22BrN3O4S. The lowest BCUT2D eigenvalue weighted by molar-refractivity contribution is 0.0955. The second kappa shape index (κ2) is 11.7. The Morgan fingerprint density at radius 3 is 2.25 bits per heavy atom. The van der Waals surface area contributed by atoms with Gasteiger partial charge in [0.1, 0.15) is 12.4 Å². The van der Waals surface area contributed by atoms with Crippen molar-refractivity contribution < 1.29 is 17.9 Å². The molecule has 182 valence electrons. The lowest BCUT2D eigenvalue weighted by Gasteiger charge is -2.09. The van der Waals surface area contributed by atoms with E-state index in [2.05, 4.69) is 31.2 Å². The van der Waals surface area contributed by atoms with Gasteiger partial charge in [-0.25, -0.2) is 13.8 Å². The molecule has 1 amide bonds. The molecule has 0 aliphatic heterocycles. The smallest absolute Gasteiger partial charge is 0.271 e. The molecule has 0 saturated heterocycles. The summed E-state index contributed by atoms with van der Waals surface area (Å²) in [6.45, 7) is 0.394. The van der Waals surface area contributed by atoms with Gasteiger partial charge in [0, 0.05) is 21.3 Å². The van der Waals surface area contributed by atoms with Crippen LogP contribution in [0.25, 0.3) is 0 Å². The first kappa shape index (κ1) is 25.2. The highest BCUT2D eigenvalue weighted by Gasteiger charge is 2.14. The maximum absolute atomic E-state index is 12.5. The Balaban J connectivity index is 1.35. The Morgan fingerprint density at radius 2 is 1.53 bits per heavy atom.